The molecule has 5 heteroatoms. The predicted octanol–water partition coefficient (Wildman–Crippen LogP) is 2.25. The van der Waals surface area contributed by atoms with E-state index >= 15 is 0 Å². The molecular formula is C15H24BrN3O. The van der Waals surface area contributed by atoms with Crippen LogP contribution in [0.15, 0.2) is 28.7 Å². The second-order valence-corrected chi connectivity index (χ2v) is 5.98. The Balaban J connectivity index is 2.90. The van der Waals surface area contributed by atoms with Crippen LogP contribution >= 0.6 is 15.9 Å². The summed E-state index contributed by atoms with van der Waals surface area (Å²) in [6, 6.07) is 8.22. The van der Waals surface area contributed by atoms with Gasteiger partial charge in [-0.1, -0.05) is 35.0 Å². The zero-order valence-electron chi connectivity index (χ0n) is 12.5. The Labute approximate surface area is 130 Å². The van der Waals surface area contributed by atoms with Gasteiger partial charge in [0, 0.05) is 31.2 Å². The first-order valence-electron chi connectivity index (χ1n) is 6.89. The Morgan fingerprint density at radius 3 is 2.35 bits per heavy atom. The summed E-state index contributed by atoms with van der Waals surface area (Å²) < 4.78 is 1.04. The fraction of sp³-hybridized carbons (Fsp3) is 0.533. The van der Waals surface area contributed by atoms with E-state index in [9.17, 15) is 4.79 Å². The topological polar surface area (TPSA) is 49.6 Å². The van der Waals surface area contributed by atoms with Crippen molar-refractivity contribution in [2.45, 2.75) is 19.4 Å². The molecule has 0 aromatic heterocycles. The number of benzene rings is 1. The maximum atomic E-state index is 12.0. The summed E-state index contributed by atoms with van der Waals surface area (Å²) in [6.07, 6.45) is 0.994. The van der Waals surface area contributed by atoms with Gasteiger partial charge in [0.1, 0.15) is 0 Å². The highest BCUT2D eigenvalue weighted by atomic mass is 79.9. The maximum Gasteiger partial charge on any atom is 0.236 e. The molecule has 20 heavy (non-hydrogen) atoms. The van der Waals surface area contributed by atoms with Crippen molar-refractivity contribution < 1.29 is 4.79 Å². The monoisotopic (exact) mass is 341 g/mol. The number of hydrogen-bond donors (Lipinski definition) is 1. The summed E-state index contributed by atoms with van der Waals surface area (Å²) >= 11 is 3.44. The smallest absolute Gasteiger partial charge is 0.236 e. The SMILES string of the molecule is CCCN(CC(=O)N(C)C)C(CN)c1ccc(Br)cc1. The summed E-state index contributed by atoms with van der Waals surface area (Å²) in [5, 5.41) is 0. The van der Waals surface area contributed by atoms with Gasteiger partial charge in [0.15, 0.2) is 0 Å². The van der Waals surface area contributed by atoms with Gasteiger partial charge >= 0.3 is 0 Å². The molecular weight excluding hydrogens is 318 g/mol. The van der Waals surface area contributed by atoms with Crippen LogP contribution < -0.4 is 5.73 Å². The molecule has 0 aliphatic carbocycles. The van der Waals surface area contributed by atoms with E-state index in [1.165, 1.54) is 0 Å². The fourth-order valence-electron chi connectivity index (χ4n) is 2.13. The van der Waals surface area contributed by atoms with E-state index in [0.717, 1.165) is 23.0 Å². The van der Waals surface area contributed by atoms with Crippen molar-refractivity contribution in [3.05, 3.63) is 34.3 Å². The second kappa shape index (κ2) is 8.39. The number of halogens is 1. The number of rotatable bonds is 7. The molecule has 112 valence electrons. The lowest BCUT2D eigenvalue weighted by atomic mass is 10.0. The molecule has 2 N–H and O–H groups in total. The highest BCUT2D eigenvalue weighted by Gasteiger charge is 2.21. The van der Waals surface area contributed by atoms with E-state index < -0.39 is 0 Å². The highest BCUT2D eigenvalue weighted by Crippen LogP contribution is 2.22. The Bertz CT molecular complexity index is 420. The molecule has 0 aliphatic heterocycles. The molecule has 1 amide bonds. The van der Waals surface area contributed by atoms with Gasteiger partial charge in [0.25, 0.3) is 0 Å². The molecule has 0 saturated heterocycles. The number of likely N-dealkylation sites (N-methyl/N-ethyl adjacent to an activating group) is 1. The van der Waals surface area contributed by atoms with E-state index in [4.69, 9.17) is 5.73 Å². The van der Waals surface area contributed by atoms with Gasteiger partial charge in [-0.25, -0.2) is 0 Å². The number of nitrogens with zero attached hydrogens (tertiary/aromatic N) is 2. The lowest BCUT2D eigenvalue weighted by molar-refractivity contribution is -0.130. The molecule has 1 atom stereocenters. The summed E-state index contributed by atoms with van der Waals surface area (Å²) in [6.45, 7) is 3.88. The van der Waals surface area contributed by atoms with Crippen LogP contribution in [0.1, 0.15) is 24.9 Å². The van der Waals surface area contributed by atoms with Crippen LogP contribution in [-0.2, 0) is 4.79 Å². The van der Waals surface area contributed by atoms with Crippen LogP contribution in [0.4, 0.5) is 0 Å². The van der Waals surface area contributed by atoms with Crippen LogP contribution in [-0.4, -0.2) is 49.4 Å². The Morgan fingerprint density at radius 1 is 1.30 bits per heavy atom. The van der Waals surface area contributed by atoms with E-state index in [0.29, 0.717) is 13.1 Å². The minimum absolute atomic E-state index is 0.0759. The lowest BCUT2D eigenvalue weighted by Gasteiger charge is -2.31. The van der Waals surface area contributed by atoms with Crippen LogP contribution in [0.3, 0.4) is 0 Å². The van der Waals surface area contributed by atoms with Crippen molar-refractivity contribution in [1.82, 2.24) is 9.80 Å². The van der Waals surface area contributed by atoms with Gasteiger partial charge in [-0.3, -0.25) is 9.69 Å². The van der Waals surface area contributed by atoms with Crippen molar-refractivity contribution in [1.29, 1.82) is 0 Å². The average Bonchev–Trinajstić information content (AvgIpc) is 2.41. The molecule has 1 aromatic carbocycles. The molecule has 1 unspecified atom stereocenters. The van der Waals surface area contributed by atoms with Crippen molar-refractivity contribution in [2.75, 3.05) is 33.7 Å². The molecule has 0 saturated carbocycles. The molecule has 4 nitrogen and oxygen atoms in total. The van der Waals surface area contributed by atoms with Crippen molar-refractivity contribution in [2.24, 2.45) is 5.73 Å². The first-order chi connectivity index (χ1) is 9.49. The number of hydrogen-bond acceptors (Lipinski definition) is 3. The molecule has 0 fully saturated rings. The van der Waals surface area contributed by atoms with Crippen LogP contribution in [0.25, 0.3) is 0 Å². The third-order valence-corrected chi connectivity index (χ3v) is 3.80. The molecule has 0 aliphatic rings. The first-order valence-corrected chi connectivity index (χ1v) is 7.68. The second-order valence-electron chi connectivity index (χ2n) is 5.06. The van der Waals surface area contributed by atoms with Crippen LogP contribution in [0.2, 0.25) is 0 Å². The summed E-state index contributed by atoms with van der Waals surface area (Å²) in [5.74, 6) is 0.106. The van der Waals surface area contributed by atoms with Gasteiger partial charge in [-0.05, 0) is 30.7 Å². The third kappa shape index (κ3) is 4.89. The van der Waals surface area contributed by atoms with Gasteiger partial charge in [0.2, 0.25) is 5.91 Å². The van der Waals surface area contributed by atoms with Gasteiger partial charge < -0.3 is 10.6 Å². The molecule has 1 aromatic rings. The fourth-order valence-corrected chi connectivity index (χ4v) is 2.39. The predicted molar refractivity (Wildman–Crippen MR) is 86.5 cm³/mol. The molecule has 0 heterocycles. The normalized spacial score (nSPS) is 12.5. The summed E-state index contributed by atoms with van der Waals surface area (Å²) in [5.41, 5.74) is 7.10. The molecule has 1 rings (SSSR count). The molecule has 0 spiro atoms. The Morgan fingerprint density at radius 2 is 1.90 bits per heavy atom. The van der Waals surface area contributed by atoms with E-state index in [1.807, 2.05) is 12.1 Å². The minimum Gasteiger partial charge on any atom is -0.348 e. The van der Waals surface area contributed by atoms with Gasteiger partial charge in [0.05, 0.1) is 6.54 Å². The van der Waals surface area contributed by atoms with Gasteiger partial charge in [-0.15, -0.1) is 0 Å². The summed E-state index contributed by atoms with van der Waals surface area (Å²) in [4.78, 5) is 15.8. The quantitative estimate of drug-likeness (QED) is 0.827. The average molecular weight is 342 g/mol. The number of nitrogens with two attached hydrogens (primary N) is 1. The summed E-state index contributed by atoms with van der Waals surface area (Å²) in [7, 11) is 3.56. The standard InChI is InChI=1S/C15H24BrN3O/c1-4-9-19(11-15(20)18(2)3)14(10-17)12-5-7-13(16)8-6-12/h5-8,14H,4,9-11,17H2,1-3H3. The Kier molecular flexibility index (Phi) is 7.19. The van der Waals surface area contributed by atoms with Gasteiger partial charge in [-0.2, -0.15) is 0 Å². The molecule has 0 radical (unpaired) electrons. The van der Waals surface area contributed by atoms with E-state index in [-0.39, 0.29) is 11.9 Å². The van der Waals surface area contributed by atoms with Crippen molar-refractivity contribution in [3.8, 4) is 0 Å². The van der Waals surface area contributed by atoms with Crippen LogP contribution in [0.5, 0.6) is 0 Å². The van der Waals surface area contributed by atoms with Crippen molar-refractivity contribution >= 4 is 21.8 Å². The largest absolute Gasteiger partial charge is 0.348 e. The third-order valence-electron chi connectivity index (χ3n) is 3.27. The van der Waals surface area contributed by atoms with E-state index in [2.05, 4.69) is 39.9 Å². The zero-order valence-corrected chi connectivity index (χ0v) is 14.1. The highest BCUT2D eigenvalue weighted by molar-refractivity contribution is 9.10. The maximum absolute atomic E-state index is 12.0. The number of carbonyl (C=O) groups excluding carboxylic acids is 1. The zero-order chi connectivity index (χ0) is 15.1. The van der Waals surface area contributed by atoms with Crippen LogP contribution in [0, 0.1) is 0 Å². The minimum atomic E-state index is 0.0759. The lowest BCUT2D eigenvalue weighted by Crippen LogP contribution is -2.41. The number of carbonyl (C=O) groups is 1. The van der Waals surface area contributed by atoms with Crippen molar-refractivity contribution in [3.63, 3.8) is 0 Å². The first kappa shape index (κ1) is 17.1. The van der Waals surface area contributed by atoms with E-state index in [1.54, 1.807) is 19.0 Å². The Hall–Kier alpha value is -0.910. The number of amides is 1. The molecule has 0 bridgehead atoms.